The molecule has 0 aromatic carbocycles. The highest BCUT2D eigenvalue weighted by molar-refractivity contribution is 7.17. The highest BCUT2D eigenvalue weighted by Crippen LogP contribution is 2.30. The van der Waals surface area contributed by atoms with Gasteiger partial charge in [0.2, 0.25) is 5.91 Å². The number of aromatic nitrogens is 1. The number of thiophene rings is 1. The molecule has 1 amide bonds. The minimum atomic E-state index is 0.0354. The first kappa shape index (κ1) is 13.2. The van der Waals surface area contributed by atoms with Gasteiger partial charge in [0.1, 0.15) is 0 Å². The number of carbonyl (C=O) groups excluding carboxylic acids is 1. The molecule has 0 spiro atoms. The molecule has 0 radical (unpaired) electrons. The van der Waals surface area contributed by atoms with Crippen LogP contribution in [0.2, 0.25) is 0 Å². The molecule has 0 unspecified atom stereocenters. The van der Waals surface area contributed by atoms with Crippen molar-refractivity contribution in [1.29, 1.82) is 0 Å². The molecule has 1 N–H and O–H groups in total. The molecule has 96 valence electrons. The lowest BCUT2D eigenvalue weighted by atomic mass is 10.1. The molecule has 2 aromatic heterocycles. The van der Waals surface area contributed by atoms with E-state index in [9.17, 15) is 4.79 Å². The molecule has 5 heteroatoms. The van der Waals surface area contributed by atoms with Crippen molar-refractivity contribution in [3.63, 3.8) is 0 Å². The fourth-order valence-electron chi connectivity index (χ4n) is 1.56. The van der Waals surface area contributed by atoms with Crippen LogP contribution in [0.1, 0.15) is 25.1 Å². The minimum absolute atomic E-state index is 0.0354. The van der Waals surface area contributed by atoms with Gasteiger partial charge in [-0.15, -0.1) is 22.7 Å². The number of hydrogen-bond donors (Lipinski definition) is 1. The Morgan fingerprint density at radius 3 is 2.83 bits per heavy atom. The Kier molecular flexibility index (Phi) is 4.14. The predicted molar refractivity (Wildman–Crippen MR) is 78.2 cm³/mol. The maximum Gasteiger partial charge on any atom is 0.226 e. The van der Waals surface area contributed by atoms with Gasteiger partial charge >= 0.3 is 0 Å². The predicted octanol–water partition coefficient (Wildman–Crippen LogP) is 4.16. The second-order valence-electron chi connectivity index (χ2n) is 4.59. The van der Waals surface area contributed by atoms with E-state index in [-0.39, 0.29) is 5.91 Å². The van der Waals surface area contributed by atoms with Crippen LogP contribution in [0.25, 0.3) is 10.6 Å². The van der Waals surface area contributed by atoms with E-state index in [1.54, 1.807) is 11.3 Å². The fourth-order valence-corrected chi connectivity index (χ4v) is 3.19. The summed E-state index contributed by atoms with van der Waals surface area (Å²) in [6, 6.07) is 4.14. The number of nitrogens with zero attached hydrogens (tertiary/aromatic N) is 1. The monoisotopic (exact) mass is 280 g/mol. The molecule has 0 atom stereocenters. The van der Waals surface area contributed by atoms with Crippen LogP contribution in [-0.4, -0.2) is 10.9 Å². The van der Waals surface area contributed by atoms with Gasteiger partial charge in [0.25, 0.3) is 0 Å². The lowest BCUT2D eigenvalue weighted by Crippen LogP contribution is -2.13. The van der Waals surface area contributed by atoms with Gasteiger partial charge in [0.05, 0.1) is 10.6 Å². The smallest absolute Gasteiger partial charge is 0.226 e. The number of hydrogen-bond acceptors (Lipinski definition) is 4. The van der Waals surface area contributed by atoms with Crippen LogP contribution < -0.4 is 5.32 Å². The number of carbonyl (C=O) groups is 1. The van der Waals surface area contributed by atoms with Crippen LogP contribution in [0, 0.1) is 12.8 Å². The highest BCUT2D eigenvalue weighted by atomic mass is 32.1. The first-order valence-corrected chi connectivity index (χ1v) is 7.56. The molecular weight excluding hydrogens is 264 g/mol. The van der Waals surface area contributed by atoms with Crippen LogP contribution in [-0.2, 0) is 4.79 Å². The molecular formula is C13H16N2OS2. The van der Waals surface area contributed by atoms with Crippen LogP contribution >= 0.6 is 22.7 Å². The highest BCUT2D eigenvalue weighted by Gasteiger charge is 2.10. The molecule has 2 aromatic rings. The lowest BCUT2D eigenvalue weighted by Gasteiger charge is -2.03. The summed E-state index contributed by atoms with van der Waals surface area (Å²) < 4.78 is 0. The normalized spacial score (nSPS) is 10.9. The van der Waals surface area contributed by atoms with E-state index in [1.807, 2.05) is 19.2 Å². The summed E-state index contributed by atoms with van der Waals surface area (Å²) in [4.78, 5) is 18.5. The zero-order valence-electron chi connectivity index (χ0n) is 10.7. The average molecular weight is 280 g/mol. The topological polar surface area (TPSA) is 42.0 Å². The van der Waals surface area contributed by atoms with Crippen LogP contribution in [0.15, 0.2) is 17.5 Å². The third kappa shape index (κ3) is 3.40. The Hall–Kier alpha value is -1.20. The second-order valence-corrected chi connectivity index (χ2v) is 6.74. The Bertz CT molecular complexity index is 543. The van der Waals surface area contributed by atoms with Gasteiger partial charge in [-0.3, -0.25) is 4.79 Å². The Balaban J connectivity index is 2.04. The fraction of sp³-hybridized carbons (Fsp3) is 0.385. The maximum atomic E-state index is 11.6. The standard InChI is InChI=1S/C13H16N2OS2/c1-8(2)6-12(16)15-13-14-10(7-17-13)11-5-4-9(3)18-11/h4-5,7-8H,6H2,1-3H3,(H,14,15,16). The molecule has 0 aliphatic heterocycles. The van der Waals surface area contributed by atoms with E-state index in [0.29, 0.717) is 17.5 Å². The van der Waals surface area contributed by atoms with Gasteiger partial charge in [-0.2, -0.15) is 0 Å². The van der Waals surface area contributed by atoms with E-state index in [1.165, 1.54) is 16.2 Å². The average Bonchev–Trinajstić information content (AvgIpc) is 2.85. The van der Waals surface area contributed by atoms with E-state index in [4.69, 9.17) is 0 Å². The van der Waals surface area contributed by atoms with Crippen LogP contribution in [0.5, 0.6) is 0 Å². The Morgan fingerprint density at radius 1 is 1.44 bits per heavy atom. The van der Waals surface area contributed by atoms with Gasteiger partial charge in [-0.25, -0.2) is 4.98 Å². The molecule has 0 bridgehead atoms. The number of anilines is 1. The van der Waals surface area contributed by atoms with Crippen molar-refractivity contribution in [2.24, 2.45) is 5.92 Å². The zero-order chi connectivity index (χ0) is 13.1. The Labute approximate surface area is 115 Å². The zero-order valence-corrected chi connectivity index (χ0v) is 12.3. The number of aryl methyl sites for hydroxylation is 1. The van der Waals surface area contributed by atoms with Crippen molar-refractivity contribution < 1.29 is 4.79 Å². The van der Waals surface area contributed by atoms with E-state index in [0.717, 1.165) is 10.6 Å². The summed E-state index contributed by atoms with van der Waals surface area (Å²) in [5.41, 5.74) is 0.943. The van der Waals surface area contributed by atoms with Crippen molar-refractivity contribution in [1.82, 2.24) is 4.98 Å². The summed E-state index contributed by atoms with van der Waals surface area (Å²) in [5, 5.41) is 5.51. The molecule has 0 saturated carbocycles. The molecule has 0 fully saturated rings. The third-order valence-electron chi connectivity index (χ3n) is 2.34. The first-order chi connectivity index (χ1) is 8.54. The van der Waals surface area contributed by atoms with Gasteiger partial charge in [0, 0.05) is 16.7 Å². The van der Waals surface area contributed by atoms with Gasteiger partial charge in [-0.05, 0) is 25.0 Å². The molecule has 18 heavy (non-hydrogen) atoms. The lowest BCUT2D eigenvalue weighted by molar-refractivity contribution is -0.116. The van der Waals surface area contributed by atoms with Crippen molar-refractivity contribution in [3.05, 3.63) is 22.4 Å². The van der Waals surface area contributed by atoms with Crippen LogP contribution in [0.4, 0.5) is 5.13 Å². The van der Waals surface area contributed by atoms with E-state index in [2.05, 4.69) is 29.4 Å². The number of rotatable bonds is 4. The van der Waals surface area contributed by atoms with Crippen molar-refractivity contribution in [2.75, 3.05) is 5.32 Å². The molecule has 2 rings (SSSR count). The minimum Gasteiger partial charge on any atom is -0.302 e. The van der Waals surface area contributed by atoms with Crippen molar-refractivity contribution in [2.45, 2.75) is 27.2 Å². The maximum absolute atomic E-state index is 11.6. The van der Waals surface area contributed by atoms with Crippen molar-refractivity contribution >= 4 is 33.7 Å². The van der Waals surface area contributed by atoms with Gasteiger partial charge < -0.3 is 5.32 Å². The first-order valence-electron chi connectivity index (χ1n) is 5.87. The summed E-state index contributed by atoms with van der Waals surface area (Å²) in [5.74, 6) is 0.401. The molecule has 0 aliphatic carbocycles. The summed E-state index contributed by atoms with van der Waals surface area (Å²) in [7, 11) is 0. The molecule has 3 nitrogen and oxygen atoms in total. The summed E-state index contributed by atoms with van der Waals surface area (Å²) in [6.45, 7) is 6.13. The summed E-state index contributed by atoms with van der Waals surface area (Å²) >= 11 is 3.19. The van der Waals surface area contributed by atoms with E-state index < -0.39 is 0 Å². The second kappa shape index (κ2) is 5.63. The van der Waals surface area contributed by atoms with Gasteiger partial charge in [0.15, 0.2) is 5.13 Å². The molecule has 0 saturated heterocycles. The number of thiazole rings is 1. The quantitative estimate of drug-likeness (QED) is 0.913. The Morgan fingerprint density at radius 2 is 2.22 bits per heavy atom. The number of nitrogens with one attached hydrogen (secondary N) is 1. The van der Waals surface area contributed by atoms with Crippen LogP contribution in [0.3, 0.4) is 0 Å². The van der Waals surface area contributed by atoms with Gasteiger partial charge in [-0.1, -0.05) is 13.8 Å². The summed E-state index contributed by atoms with van der Waals surface area (Å²) in [6.07, 6.45) is 0.535. The molecule has 0 aliphatic rings. The van der Waals surface area contributed by atoms with E-state index >= 15 is 0 Å². The SMILES string of the molecule is Cc1ccc(-c2csc(NC(=O)CC(C)C)n2)s1. The number of amides is 1. The largest absolute Gasteiger partial charge is 0.302 e. The molecule has 2 heterocycles. The van der Waals surface area contributed by atoms with Crippen molar-refractivity contribution in [3.8, 4) is 10.6 Å². The third-order valence-corrected chi connectivity index (χ3v) is 4.12.